The van der Waals surface area contributed by atoms with E-state index >= 15 is 0 Å². The smallest absolute Gasteiger partial charge is 0.260 e. The van der Waals surface area contributed by atoms with Gasteiger partial charge in [0.1, 0.15) is 30.7 Å². The maximum atomic E-state index is 13.4. The lowest BCUT2D eigenvalue weighted by atomic mass is 9.92. The lowest BCUT2D eigenvalue weighted by Gasteiger charge is -2.41. The van der Waals surface area contributed by atoms with E-state index < -0.39 is 24.4 Å². The van der Waals surface area contributed by atoms with Crippen LogP contribution in [0.3, 0.4) is 0 Å². The van der Waals surface area contributed by atoms with Crippen molar-refractivity contribution in [3.63, 3.8) is 0 Å². The highest BCUT2D eigenvalue weighted by atomic mass is 32.1. The minimum Gasteiger partial charge on any atom is -0.484 e. The number of hydrogen-bond acceptors (Lipinski definition) is 10. The van der Waals surface area contributed by atoms with Gasteiger partial charge in [0.25, 0.3) is 5.91 Å². The molecular formula is C31H47N3O8S. The number of aryl methyl sites for hydroxylation is 1. The van der Waals surface area contributed by atoms with Gasteiger partial charge in [0.05, 0.1) is 23.4 Å². The van der Waals surface area contributed by atoms with Crippen LogP contribution >= 0.6 is 11.3 Å². The summed E-state index contributed by atoms with van der Waals surface area (Å²) < 4.78 is 22.4. The summed E-state index contributed by atoms with van der Waals surface area (Å²) >= 11 is 1.59. The van der Waals surface area contributed by atoms with Gasteiger partial charge >= 0.3 is 0 Å². The highest BCUT2D eigenvalue weighted by Crippen LogP contribution is 2.25. The summed E-state index contributed by atoms with van der Waals surface area (Å²) in [6.07, 6.45) is -1.53. The predicted molar refractivity (Wildman–Crippen MR) is 164 cm³/mol. The van der Waals surface area contributed by atoms with E-state index in [1.54, 1.807) is 21.1 Å². The molecule has 11 nitrogen and oxygen atoms in total. The molecule has 43 heavy (non-hydrogen) atoms. The first-order valence-electron chi connectivity index (χ1n) is 14.8. The largest absolute Gasteiger partial charge is 0.484 e. The highest BCUT2D eigenvalue weighted by molar-refractivity contribution is 7.09. The Morgan fingerprint density at radius 3 is 2.44 bits per heavy atom. The van der Waals surface area contributed by atoms with E-state index in [4.69, 9.17) is 18.9 Å². The average molecular weight is 622 g/mol. The van der Waals surface area contributed by atoms with Crippen LogP contribution in [0.1, 0.15) is 38.1 Å². The number of thiazole rings is 1. The molecule has 2 aromatic rings. The third-order valence-corrected chi connectivity index (χ3v) is 8.21. The molecule has 1 aromatic heterocycles. The minimum absolute atomic E-state index is 0.0706. The average Bonchev–Trinajstić information content (AvgIpc) is 3.42. The van der Waals surface area contributed by atoms with Crippen LogP contribution in [0, 0.1) is 12.8 Å². The monoisotopic (exact) mass is 621 g/mol. The second-order valence-corrected chi connectivity index (χ2v) is 12.3. The molecule has 2 amide bonds. The van der Waals surface area contributed by atoms with Gasteiger partial charge in [-0.25, -0.2) is 4.98 Å². The number of benzene rings is 1. The third kappa shape index (κ3) is 10.5. The molecular weight excluding hydrogens is 574 g/mol. The standard InChI is InChI=1S/C31H47N3O8S/c1-21(2)16-26-31(40-5)30(38)27(35)17-41-15-7-6-12-33(13-14-34(26)29(37)18-39-4)28(36)19-42-24-10-8-23(9-11-24)25-20-43-22(3)32-25/h8-11,20-21,26-27,30-31,35,38H,6-7,12-19H2,1-5H3/t26-,27-,30-,31-/m0/s1. The van der Waals surface area contributed by atoms with Gasteiger partial charge in [0, 0.05) is 51.4 Å². The second-order valence-electron chi connectivity index (χ2n) is 11.2. The number of ether oxygens (including phenoxy) is 4. The first kappa shape index (κ1) is 34.9. The van der Waals surface area contributed by atoms with Crippen LogP contribution in [-0.4, -0.2) is 121 Å². The molecule has 0 bridgehead atoms. The Morgan fingerprint density at radius 2 is 1.81 bits per heavy atom. The summed E-state index contributed by atoms with van der Waals surface area (Å²) in [6.45, 7) is 6.88. The molecule has 0 saturated carbocycles. The first-order valence-corrected chi connectivity index (χ1v) is 15.7. The van der Waals surface area contributed by atoms with E-state index in [0.717, 1.165) is 16.3 Å². The van der Waals surface area contributed by atoms with Crippen molar-refractivity contribution in [1.29, 1.82) is 0 Å². The van der Waals surface area contributed by atoms with Crippen molar-refractivity contribution in [1.82, 2.24) is 14.8 Å². The number of nitrogens with zero attached hydrogens (tertiary/aromatic N) is 3. The van der Waals surface area contributed by atoms with Gasteiger partial charge in [-0.15, -0.1) is 11.3 Å². The minimum atomic E-state index is -1.29. The molecule has 1 aliphatic heterocycles. The molecule has 0 unspecified atom stereocenters. The Morgan fingerprint density at radius 1 is 1.07 bits per heavy atom. The summed E-state index contributed by atoms with van der Waals surface area (Å²) in [4.78, 5) is 34.6. The van der Waals surface area contributed by atoms with E-state index in [1.165, 1.54) is 14.2 Å². The highest BCUT2D eigenvalue weighted by Gasteiger charge is 2.39. The molecule has 240 valence electrons. The lowest BCUT2D eigenvalue weighted by molar-refractivity contribution is -0.154. The fraction of sp³-hybridized carbons (Fsp3) is 0.645. The zero-order valence-corrected chi connectivity index (χ0v) is 26.8. The Labute approximate surface area is 258 Å². The molecule has 1 aliphatic rings. The molecule has 2 N–H and O–H groups in total. The summed E-state index contributed by atoms with van der Waals surface area (Å²) in [5, 5.41) is 24.7. The van der Waals surface area contributed by atoms with Crippen molar-refractivity contribution in [2.45, 2.75) is 64.4 Å². The number of methoxy groups -OCH3 is 2. The maximum absolute atomic E-state index is 13.4. The number of aromatic nitrogens is 1. The Hall–Kier alpha value is -2.61. The van der Waals surface area contributed by atoms with Crippen LogP contribution < -0.4 is 4.74 Å². The van der Waals surface area contributed by atoms with Crippen molar-refractivity contribution in [2.24, 2.45) is 5.92 Å². The van der Waals surface area contributed by atoms with E-state index in [2.05, 4.69) is 4.98 Å². The van der Waals surface area contributed by atoms with Gasteiger partial charge in [0.2, 0.25) is 5.91 Å². The Kier molecular flexibility index (Phi) is 14.3. The van der Waals surface area contributed by atoms with Crippen LogP contribution in [0.5, 0.6) is 5.75 Å². The molecule has 0 spiro atoms. The van der Waals surface area contributed by atoms with E-state index in [0.29, 0.717) is 38.2 Å². The number of carbonyl (C=O) groups excluding carboxylic acids is 2. The molecule has 0 aliphatic carbocycles. The number of amides is 2. The van der Waals surface area contributed by atoms with Crippen LogP contribution in [0.4, 0.5) is 0 Å². The van der Waals surface area contributed by atoms with Gasteiger partial charge in [-0.3, -0.25) is 9.59 Å². The summed E-state index contributed by atoms with van der Waals surface area (Å²) in [6, 6.07) is 6.91. The molecule has 3 rings (SSSR count). The van der Waals surface area contributed by atoms with Crippen molar-refractivity contribution in [2.75, 3.05) is 60.3 Å². The van der Waals surface area contributed by atoms with E-state index in [-0.39, 0.29) is 50.6 Å². The van der Waals surface area contributed by atoms with Gasteiger partial charge in [0.15, 0.2) is 6.61 Å². The predicted octanol–water partition coefficient (Wildman–Crippen LogP) is 2.76. The lowest BCUT2D eigenvalue weighted by Crippen LogP contribution is -2.58. The van der Waals surface area contributed by atoms with Crippen molar-refractivity contribution in [3.8, 4) is 17.0 Å². The Bertz CT molecular complexity index is 1130. The SMILES string of the molecule is COCC(=O)N1CCN(C(=O)COc2ccc(-c3csc(C)n3)cc2)CCCCOC[C@H](O)[C@H](O)[C@@H](OC)[C@@H]1CC(C)C. The van der Waals surface area contributed by atoms with Crippen LogP contribution in [0.2, 0.25) is 0 Å². The molecule has 1 saturated heterocycles. The normalized spacial score (nSPS) is 22.8. The number of carbonyl (C=O) groups is 2. The molecule has 0 radical (unpaired) electrons. The van der Waals surface area contributed by atoms with Crippen LogP contribution in [-0.2, 0) is 23.8 Å². The van der Waals surface area contributed by atoms with Crippen molar-refractivity contribution in [3.05, 3.63) is 34.7 Å². The van der Waals surface area contributed by atoms with Crippen LogP contribution in [0.15, 0.2) is 29.6 Å². The summed E-state index contributed by atoms with van der Waals surface area (Å²) in [5.41, 5.74) is 1.88. The number of hydrogen-bond donors (Lipinski definition) is 2. The Balaban J connectivity index is 1.77. The van der Waals surface area contributed by atoms with Gasteiger partial charge < -0.3 is 39.0 Å². The second kappa shape index (κ2) is 17.6. The van der Waals surface area contributed by atoms with E-state index in [1.807, 2.05) is 50.4 Å². The number of aliphatic hydroxyl groups excluding tert-OH is 2. The van der Waals surface area contributed by atoms with Gasteiger partial charge in [-0.1, -0.05) is 13.8 Å². The zero-order chi connectivity index (χ0) is 31.4. The third-order valence-electron chi connectivity index (χ3n) is 7.43. The number of rotatable bonds is 9. The fourth-order valence-corrected chi connectivity index (χ4v) is 5.82. The molecule has 1 fully saturated rings. The maximum Gasteiger partial charge on any atom is 0.260 e. The van der Waals surface area contributed by atoms with Crippen molar-refractivity contribution < 1.29 is 38.7 Å². The molecule has 12 heteroatoms. The van der Waals surface area contributed by atoms with Gasteiger partial charge in [-0.2, -0.15) is 0 Å². The van der Waals surface area contributed by atoms with Crippen LogP contribution in [0.25, 0.3) is 11.3 Å². The molecule has 2 heterocycles. The van der Waals surface area contributed by atoms with Crippen molar-refractivity contribution >= 4 is 23.2 Å². The van der Waals surface area contributed by atoms with E-state index in [9.17, 15) is 19.8 Å². The summed E-state index contributed by atoms with van der Waals surface area (Å²) in [7, 11) is 2.90. The topological polar surface area (TPSA) is 131 Å². The summed E-state index contributed by atoms with van der Waals surface area (Å²) in [5.74, 6) is 0.228. The quantitative estimate of drug-likeness (QED) is 0.434. The van der Waals surface area contributed by atoms with Gasteiger partial charge in [-0.05, 0) is 56.4 Å². The molecule has 1 aromatic carbocycles. The first-order chi connectivity index (χ1) is 20.6. The molecule has 4 atom stereocenters. The zero-order valence-electron chi connectivity index (χ0n) is 25.9. The fourth-order valence-electron chi connectivity index (χ4n) is 5.20. The number of aliphatic hydroxyl groups is 2.